The Bertz CT molecular complexity index is 160. The first-order valence-electron chi connectivity index (χ1n) is 1.20. The third-order valence-corrected chi connectivity index (χ3v) is 0. The van der Waals surface area contributed by atoms with Crippen LogP contribution in [0.1, 0.15) is 0 Å². The van der Waals surface area contributed by atoms with Gasteiger partial charge in [0, 0.05) is 0 Å². The number of rotatable bonds is 0. The fraction of sp³-hybridized carbons (Fsp3) is 0. The van der Waals surface area contributed by atoms with Crippen LogP contribution < -0.4 is 59.1 Å². The molecule has 0 rings (SSSR count). The molecule has 0 aromatic heterocycles. The van der Waals surface area contributed by atoms with Crippen LogP contribution in [0.4, 0.5) is 0 Å². The Labute approximate surface area is 149 Å². The molecule has 0 atom stereocenters. The quantitative estimate of drug-likeness (QED) is 0.240. The summed E-state index contributed by atoms with van der Waals surface area (Å²) < 4.78 is 56.9. The van der Waals surface area contributed by atoms with Crippen molar-refractivity contribution in [1.82, 2.24) is 0 Å². The molecule has 18 heavy (non-hydrogen) atoms. The van der Waals surface area contributed by atoms with Gasteiger partial charge in [0.25, 0.3) is 0 Å². The van der Waals surface area contributed by atoms with Crippen LogP contribution in [0.3, 0.4) is 0 Å². The Morgan fingerprint density at radius 1 is 0.722 bits per heavy atom. The Hall–Kier alpha value is 1.66. The van der Waals surface area contributed by atoms with Gasteiger partial charge in [0.2, 0.25) is 0 Å². The molecule has 0 aliphatic carbocycles. The van der Waals surface area contributed by atoms with Gasteiger partial charge in [0.15, 0.2) is 0 Å². The van der Waals surface area contributed by atoms with Gasteiger partial charge in [-0.3, -0.25) is 13.3 Å². The molecule has 0 aliphatic rings. The molecule has 0 aliphatic heterocycles. The molecule has 0 aromatic rings. The van der Waals surface area contributed by atoms with Gasteiger partial charge in [0.1, 0.15) is 0 Å². The maximum atomic E-state index is 8.74. The third kappa shape index (κ3) is 1780. The van der Waals surface area contributed by atoms with Crippen molar-refractivity contribution < 1.29 is 128 Å². The third-order valence-electron chi connectivity index (χ3n) is 0. The molecule has 0 unspecified atom stereocenters. The van der Waals surface area contributed by atoms with Gasteiger partial charge >= 0.3 is 69.5 Å². The topological polar surface area (TPSA) is 358 Å². The van der Waals surface area contributed by atoms with Crippen LogP contribution in [-0.2, 0) is 21.8 Å². The minimum absolute atomic E-state index is 0. The fourth-order valence-corrected chi connectivity index (χ4v) is 0. The summed E-state index contributed by atoms with van der Waals surface area (Å²) in [6.45, 7) is 0. The molecule has 0 fully saturated rings. The van der Waals surface area contributed by atoms with Gasteiger partial charge < -0.3 is 47.4 Å². The minimum Gasteiger partial charge on any atom is -0.784 e. The van der Waals surface area contributed by atoms with E-state index in [2.05, 4.69) is 0 Å². The monoisotopic (exact) mass is 350 g/mol. The van der Waals surface area contributed by atoms with Gasteiger partial charge in [0.05, 0.1) is 0 Å². The molecular weight excluding hydrogens is 334 g/mol. The van der Waals surface area contributed by atoms with E-state index in [1.165, 1.54) is 0 Å². The summed E-state index contributed by atoms with van der Waals surface area (Å²) in [4.78, 5) is 0. The van der Waals surface area contributed by atoms with Gasteiger partial charge in [-0.15, -0.1) is 11.4 Å². The average Bonchev–Trinajstić information content (AvgIpc) is 1.19. The smallest absolute Gasteiger partial charge is 0.784 e. The van der Waals surface area contributed by atoms with Crippen molar-refractivity contribution in [2.75, 3.05) is 0 Å². The molecule has 18 heteroatoms. The molecule has 16 N–H and O–H groups in total. The molecule has 114 valence electrons. The zero-order valence-corrected chi connectivity index (χ0v) is 14.9. The Morgan fingerprint density at radius 2 is 0.722 bits per heavy atom. The van der Waals surface area contributed by atoms with Crippen LogP contribution in [0.15, 0.2) is 0 Å². The van der Waals surface area contributed by atoms with Crippen molar-refractivity contribution in [3.05, 3.63) is 0 Å². The van der Waals surface area contributed by atoms with E-state index < -0.39 is 21.8 Å². The summed E-state index contributed by atoms with van der Waals surface area (Å²) in [6, 6.07) is 0. The molecular formula is H16Na2O14S2. The predicted molar refractivity (Wildman–Crippen MR) is 49.2 cm³/mol. The molecule has 0 radical (unpaired) electrons. The first-order chi connectivity index (χ1) is 3.73. The van der Waals surface area contributed by atoms with Crippen LogP contribution in [-0.4, -0.2) is 69.2 Å². The standard InChI is InChI=1S/2Na.H2O4S.H2O3S.7H2O/c;;1-5(2,3)4;1-4(2)3;;;;;;;/h;;(H2,1,2,3,4);(H2,1,2,3);7*1H2/q2*+1;;;;;;;;;/p-2. The van der Waals surface area contributed by atoms with E-state index in [-0.39, 0.29) is 97.4 Å². The maximum absolute atomic E-state index is 8.74. The molecule has 0 heterocycles. The van der Waals surface area contributed by atoms with E-state index in [9.17, 15) is 0 Å². The zero-order chi connectivity index (χ0) is 8.08. The van der Waals surface area contributed by atoms with Crippen molar-refractivity contribution in [2.24, 2.45) is 0 Å². The van der Waals surface area contributed by atoms with Crippen LogP contribution in [0.5, 0.6) is 0 Å². The molecule has 0 saturated carbocycles. The van der Waals surface area contributed by atoms with Crippen LogP contribution in [0, 0.1) is 0 Å². The van der Waals surface area contributed by atoms with Gasteiger partial charge in [-0.2, -0.15) is 8.42 Å². The predicted octanol–water partition coefficient (Wildman–Crippen LogP) is -13.4. The summed E-state index contributed by atoms with van der Waals surface area (Å²) >= 11 is -3.11. The minimum atomic E-state index is -4.67. The first kappa shape index (κ1) is 91.3. The second-order valence-corrected chi connectivity index (χ2v) is 1.96. The second kappa shape index (κ2) is 51.2. The molecule has 0 aromatic carbocycles. The van der Waals surface area contributed by atoms with Crippen molar-refractivity contribution >= 4 is 21.8 Å². The Balaban J connectivity index is -0.00000000406. The van der Waals surface area contributed by atoms with Crippen molar-refractivity contribution in [3.63, 3.8) is 0 Å². The van der Waals surface area contributed by atoms with E-state index in [1.807, 2.05) is 0 Å². The van der Waals surface area contributed by atoms with Crippen molar-refractivity contribution in [1.29, 1.82) is 0 Å². The Kier molecular flexibility index (Phi) is 260. The largest absolute Gasteiger partial charge is 1.00 e. The van der Waals surface area contributed by atoms with E-state index in [0.29, 0.717) is 0 Å². The Morgan fingerprint density at radius 3 is 0.722 bits per heavy atom. The molecule has 0 spiro atoms. The summed E-state index contributed by atoms with van der Waals surface area (Å²) in [5.41, 5.74) is 0. The van der Waals surface area contributed by atoms with E-state index in [4.69, 9.17) is 30.8 Å². The van der Waals surface area contributed by atoms with Crippen LogP contribution in [0.2, 0.25) is 0 Å². The summed E-state index contributed by atoms with van der Waals surface area (Å²) in [5, 5.41) is 0. The normalized spacial score (nSPS) is 5.17. The summed E-state index contributed by atoms with van der Waals surface area (Å²) in [6.07, 6.45) is 0. The van der Waals surface area contributed by atoms with Gasteiger partial charge in [-0.05, 0) is 0 Å². The van der Waals surface area contributed by atoms with E-state index in [1.54, 1.807) is 0 Å². The zero-order valence-electron chi connectivity index (χ0n) is 9.25. The van der Waals surface area contributed by atoms with Crippen molar-refractivity contribution in [2.45, 2.75) is 0 Å². The summed E-state index contributed by atoms with van der Waals surface area (Å²) in [5.74, 6) is 0. The SMILES string of the molecule is O.O.O.O.O.O.O.O=S(=O)(O)O.O=S([O-])[O-].[Na+].[Na+]. The van der Waals surface area contributed by atoms with Crippen LogP contribution in [0.25, 0.3) is 0 Å². The van der Waals surface area contributed by atoms with E-state index in [0.717, 1.165) is 0 Å². The number of hydrogen-bond acceptors (Lipinski definition) is 5. The molecule has 0 amide bonds. The second-order valence-electron chi connectivity index (χ2n) is 0.652. The average molecular weight is 350 g/mol. The van der Waals surface area contributed by atoms with Crippen molar-refractivity contribution in [3.8, 4) is 0 Å². The van der Waals surface area contributed by atoms with Gasteiger partial charge in [-0.25, -0.2) is 0 Å². The first-order valence-corrected chi connectivity index (χ1v) is 3.60. The fourth-order valence-electron chi connectivity index (χ4n) is 0. The number of hydrogen-bond donors (Lipinski definition) is 2. The molecule has 0 bridgehead atoms. The molecule has 14 nitrogen and oxygen atoms in total. The molecule has 0 saturated heterocycles. The van der Waals surface area contributed by atoms with Gasteiger partial charge in [-0.1, -0.05) is 0 Å². The summed E-state index contributed by atoms with van der Waals surface area (Å²) in [7, 11) is -4.67. The van der Waals surface area contributed by atoms with E-state index >= 15 is 0 Å². The maximum Gasteiger partial charge on any atom is 1.00 e. The van der Waals surface area contributed by atoms with Crippen LogP contribution >= 0.6 is 0 Å².